The SMILES string of the molecule is CCCC(NCC)c1sccc1CC. The molecule has 0 aliphatic heterocycles. The Morgan fingerprint density at radius 1 is 1.36 bits per heavy atom. The van der Waals surface area contributed by atoms with Gasteiger partial charge in [0.15, 0.2) is 0 Å². The van der Waals surface area contributed by atoms with Gasteiger partial charge in [0.1, 0.15) is 0 Å². The van der Waals surface area contributed by atoms with Crippen LogP contribution in [-0.4, -0.2) is 6.54 Å². The van der Waals surface area contributed by atoms with Crippen molar-refractivity contribution >= 4 is 11.3 Å². The van der Waals surface area contributed by atoms with Crippen molar-refractivity contribution in [3.05, 3.63) is 21.9 Å². The first-order chi connectivity index (χ1) is 6.83. The molecule has 0 saturated heterocycles. The van der Waals surface area contributed by atoms with Crippen LogP contribution >= 0.6 is 11.3 Å². The Kier molecular flexibility index (Phi) is 5.20. The molecule has 0 amide bonds. The second kappa shape index (κ2) is 6.20. The van der Waals surface area contributed by atoms with Crippen molar-refractivity contribution in [1.82, 2.24) is 5.32 Å². The molecule has 1 rings (SSSR count). The highest BCUT2D eigenvalue weighted by Crippen LogP contribution is 2.27. The predicted molar refractivity (Wildman–Crippen MR) is 65.0 cm³/mol. The molecule has 1 aromatic rings. The van der Waals surface area contributed by atoms with E-state index >= 15 is 0 Å². The smallest absolute Gasteiger partial charge is 0.0417 e. The Morgan fingerprint density at radius 3 is 2.71 bits per heavy atom. The van der Waals surface area contributed by atoms with E-state index in [0.717, 1.165) is 13.0 Å². The summed E-state index contributed by atoms with van der Waals surface area (Å²) in [7, 11) is 0. The quantitative estimate of drug-likeness (QED) is 0.755. The van der Waals surface area contributed by atoms with Crippen molar-refractivity contribution in [1.29, 1.82) is 0 Å². The maximum absolute atomic E-state index is 3.57. The number of nitrogens with one attached hydrogen (secondary N) is 1. The van der Waals surface area contributed by atoms with Gasteiger partial charge in [-0.2, -0.15) is 0 Å². The fourth-order valence-corrected chi connectivity index (χ4v) is 2.91. The zero-order valence-corrected chi connectivity index (χ0v) is 10.3. The van der Waals surface area contributed by atoms with Crippen molar-refractivity contribution in [3.8, 4) is 0 Å². The van der Waals surface area contributed by atoms with Gasteiger partial charge in [-0.3, -0.25) is 0 Å². The van der Waals surface area contributed by atoms with E-state index in [1.807, 2.05) is 11.3 Å². The summed E-state index contributed by atoms with van der Waals surface area (Å²) in [5.74, 6) is 0. The van der Waals surface area contributed by atoms with Crippen molar-refractivity contribution < 1.29 is 0 Å². The van der Waals surface area contributed by atoms with E-state index in [2.05, 4.69) is 37.5 Å². The summed E-state index contributed by atoms with van der Waals surface area (Å²) in [5.41, 5.74) is 1.52. The molecule has 1 N–H and O–H groups in total. The number of rotatable bonds is 6. The Hall–Kier alpha value is -0.340. The third kappa shape index (κ3) is 2.82. The average molecular weight is 211 g/mol. The van der Waals surface area contributed by atoms with Crippen LogP contribution < -0.4 is 5.32 Å². The Morgan fingerprint density at radius 2 is 2.14 bits per heavy atom. The highest BCUT2D eigenvalue weighted by atomic mass is 32.1. The second-order valence-electron chi connectivity index (χ2n) is 3.56. The third-order valence-corrected chi connectivity index (χ3v) is 3.58. The zero-order chi connectivity index (χ0) is 10.4. The van der Waals surface area contributed by atoms with Gasteiger partial charge in [0.25, 0.3) is 0 Å². The lowest BCUT2D eigenvalue weighted by Crippen LogP contribution is -2.20. The summed E-state index contributed by atoms with van der Waals surface area (Å²) in [4.78, 5) is 1.55. The Bertz CT molecular complexity index is 249. The molecule has 1 atom stereocenters. The van der Waals surface area contributed by atoms with Crippen LogP contribution in [-0.2, 0) is 6.42 Å². The van der Waals surface area contributed by atoms with Crippen molar-refractivity contribution in [2.75, 3.05) is 6.54 Å². The summed E-state index contributed by atoms with van der Waals surface area (Å²) in [6, 6.07) is 2.85. The summed E-state index contributed by atoms with van der Waals surface area (Å²) < 4.78 is 0. The molecular formula is C12H21NS. The van der Waals surface area contributed by atoms with Crippen LogP contribution in [0.4, 0.5) is 0 Å². The monoisotopic (exact) mass is 211 g/mol. The summed E-state index contributed by atoms with van der Waals surface area (Å²) in [6.45, 7) is 7.73. The van der Waals surface area contributed by atoms with E-state index in [1.54, 1.807) is 4.88 Å². The van der Waals surface area contributed by atoms with E-state index in [9.17, 15) is 0 Å². The highest BCUT2D eigenvalue weighted by molar-refractivity contribution is 7.10. The Labute approximate surface area is 91.5 Å². The zero-order valence-electron chi connectivity index (χ0n) is 9.47. The van der Waals surface area contributed by atoms with Crippen LogP contribution in [0.5, 0.6) is 0 Å². The lowest BCUT2D eigenvalue weighted by atomic mass is 10.1. The molecule has 2 heteroatoms. The van der Waals surface area contributed by atoms with Crippen molar-refractivity contribution in [2.45, 2.75) is 46.1 Å². The van der Waals surface area contributed by atoms with Gasteiger partial charge in [0, 0.05) is 10.9 Å². The third-order valence-electron chi connectivity index (χ3n) is 2.51. The normalized spacial score (nSPS) is 13.1. The molecule has 0 aliphatic carbocycles. The number of hydrogen-bond donors (Lipinski definition) is 1. The van der Waals surface area contributed by atoms with Gasteiger partial charge in [0.05, 0.1) is 0 Å². The molecule has 1 aromatic heterocycles. The molecule has 0 saturated carbocycles. The molecule has 0 fully saturated rings. The minimum Gasteiger partial charge on any atom is -0.310 e. The summed E-state index contributed by atoms with van der Waals surface area (Å²) in [5, 5.41) is 5.79. The number of hydrogen-bond acceptors (Lipinski definition) is 2. The second-order valence-corrected chi connectivity index (χ2v) is 4.51. The van der Waals surface area contributed by atoms with E-state index < -0.39 is 0 Å². The lowest BCUT2D eigenvalue weighted by Gasteiger charge is -2.17. The first-order valence-corrected chi connectivity index (χ1v) is 6.51. The molecule has 0 aliphatic rings. The van der Waals surface area contributed by atoms with Gasteiger partial charge < -0.3 is 5.32 Å². The maximum Gasteiger partial charge on any atom is 0.0417 e. The minimum absolute atomic E-state index is 0.583. The first kappa shape index (κ1) is 11.7. The first-order valence-electron chi connectivity index (χ1n) is 5.63. The lowest BCUT2D eigenvalue weighted by molar-refractivity contribution is 0.514. The summed E-state index contributed by atoms with van der Waals surface area (Å²) in [6.07, 6.45) is 3.66. The molecule has 1 unspecified atom stereocenters. The van der Waals surface area contributed by atoms with Gasteiger partial charge in [0.2, 0.25) is 0 Å². The molecule has 0 aromatic carbocycles. The molecular weight excluding hydrogens is 190 g/mol. The predicted octanol–water partition coefficient (Wildman–Crippen LogP) is 3.76. The molecule has 1 nitrogen and oxygen atoms in total. The standard InChI is InChI=1S/C12H21NS/c1-4-7-11(13-6-3)12-10(5-2)8-9-14-12/h8-9,11,13H,4-7H2,1-3H3. The molecule has 14 heavy (non-hydrogen) atoms. The Balaban J connectivity index is 2.75. The van der Waals surface area contributed by atoms with Crippen molar-refractivity contribution in [2.24, 2.45) is 0 Å². The van der Waals surface area contributed by atoms with Gasteiger partial charge >= 0.3 is 0 Å². The van der Waals surface area contributed by atoms with E-state index in [4.69, 9.17) is 0 Å². The van der Waals surface area contributed by atoms with Crippen LogP contribution in [0.3, 0.4) is 0 Å². The molecule has 80 valence electrons. The van der Waals surface area contributed by atoms with Gasteiger partial charge in [-0.1, -0.05) is 27.2 Å². The molecule has 1 heterocycles. The minimum atomic E-state index is 0.583. The van der Waals surface area contributed by atoms with E-state index in [-0.39, 0.29) is 0 Å². The molecule has 0 spiro atoms. The van der Waals surface area contributed by atoms with Crippen LogP contribution in [0.2, 0.25) is 0 Å². The van der Waals surface area contributed by atoms with E-state index in [0.29, 0.717) is 6.04 Å². The fourth-order valence-electron chi connectivity index (χ4n) is 1.81. The van der Waals surface area contributed by atoms with Gasteiger partial charge in [-0.05, 0) is 36.4 Å². The van der Waals surface area contributed by atoms with Gasteiger partial charge in [-0.15, -0.1) is 11.3 Å². The van der Waals surface area contributed by atoms with Gasteiger partial charge in [-0.25, -0.2) is 0 Å². The topological polar surface area (TPSA) is 12.0 Å². The van der Waals surface area contributed by atoms with Crippen LogP contribution in [0, 0.1) is 0 Å². The largest absolute Gasteiger partial charge is 0.310 e. The number of aryl methyl sites for hydroxylation is 1. The fraction of sp³-hybridized carbons (Fsp3) is 0.667. The van der Waals surface area contributed by atoms with Crippen LogP contribution in [0.15, 0.2) is 11.4 Å². The molecule has 0 bridgehead atoms. The van der Waals surface area contributed by atoms with Crippen molar-refractivity contribution in [3.63, 3.8) is 0 Å². The highest BCUT2D eigenvalue weighted by Gasteiger charge is 2.13. The average Bonchev–Trinajstić information content (AvgIpc) is 2.65. The maximum atomic E-state index is 3.57. The van der Waals surface area contributed by atoms with Crippen LogP contribution in [0.25, 0.3) is 0 Å². The summed E-state index contributed by atoms with van der Waals surface area (Å²) >= 11 is 1.90. The number of thiophene rings is 1. The van der Waals surface area contributed by atoms with E-state index in [1.165, 1.54) is 18.4 Å². The van der Waals surface area contributed by atoms with Crippen LogP contribution in [0.1, 0.15) is 50.1 Å². The molecule has 0 radical (unpaired) electrons.